The van der Waals surface area contributed by atoms with E-state index in [2.05, 4.69) is 47.7 Å². The fraction of sp³-hybridized carbons (Fsp3) is 0.310. The number of carbonyl (C=O) groups excluding carboxylic acids is 2. The van der Waals surface area contributed by atoms with E-state index >= 15 is 4.39 Å². The number of aromatic amines is 1. The largest absolute Gasteiger partial charge is 0.383 e. The van der Waals surface area contributed by atoms with Crippen LogP contribution >= 0.6 is 0 Å². The predicted molar refractivity (Wildman–Crippen MR) is 155 cm³/mol. The Labute approximate surface area is 236 Å². The van der Waals surface area contributed by atoms with Crippen LogP contribution in [0.3, 0.4) is 0 Å². The van der Waals surface area contributed by atoms with Gasteiger partial charge in [-0.25, -0.2) is 14.4 Å². The lowest BCUT2D eigenvalue weighted by atomic mass is 10.1. The number of halogens is 1. The van der Waals surface area contributed by atoms with E-state index in [9.17, 15) is 9.59 Å². The van der Waals surface area contributed by atoms with Gasteiger partial charge in [0.2, 0.25) is 17.8 Å². The van der Waals surface area contributed by atoms with Crippen molar-refractivity contribution >= 4 is 45.7 Å². The third-order valence-electron chi connectivity index (χ3n) is 7.57. The highest BCUT2D eigenvalue weighted by Crippen LogP contribution is 2.34. The van der Waals surface area contributed by atoms with E-state index in [1.807, 2.05) is 30.3 Å². The normalized spacial score (nSPS) is 16.4. The highest BCUT2D eigenvalue weighted by Gasteiger charge is 2.29. The van der Waals surface area contributed by atoms with Crippen LogP contribution in [-0.4, -0.2) is 89.6 Å². The van der Waals surface area contributed by atoms with Gasteiger partial charge < -0.3 is 30.6 Å². The SMILES string of the molecule is COC[C@H](C(=O)Nc1cccc2c(-c3nc(Nc4ccc5c(c4)NC(=O)C5)ncc3F)c[nH]c12)N1CCN(C)CC1. The predicted octanol–water partition coefficient (Wildman–Crippen LogP) is 3.20. The van der Waals surface area contributed by atoms with Crippen LogP contribution < -0.4 is 16.0 Å². The molecule has 0 aliphatic carbocycles. The summed E-state index contributed by atoms with van der Waals surface area (Å²) in [5.74, 6) is -0.590. The molecule has 0 radical (unpaired) electrons. The van der Waals surface area contributed by atoms with Crippen LogP contribution in [0.2, 0.25) is 0 Å². The standard InChI is InChI=1S/C29H31FN8O3/c1-37-8-10-38(11-9-37)24(16-41-2)28(40)35-22-5-3-4-19-20(14-31-27(19)22)26-21(30)15-32-29(36-26)33-18-7-6-17-12-25(39)34-23(17)13-18/h3-7,13-15,24,31H,8-12,16H2,1-2H3,(H,34,39)(H,35,40)(H,32,33,36)/t24-/m1/s1. The number of likely N-dealkylation sites (N-methyl/N-ethyl adjacent to an activating group) is 1. The Morgan fingerprint density at radius 3 is 2.83 bits per heavy atom. The number of amides is 2. The van der Waals surface area contributed by atoms with Crippen molar-refractivity contribution in [1.29, 1.82) is 0 Å². The van der Waals surface area contributed by atoms with E-state index in [0.717, 1.165) is 43.6 Å². The first-order valence-corrected chi connectivity index (χ1v) is 13.4. The second-order valence-electron chi connectivity index (χ2n) is 10.3. The molecule has 2 aliphatic rings. The first-order valence-electron chi connectivity index (χ1n) is 13.4. The van der Waals surface area contributed by atoms with Crippen LogP contribution in [0.15, 0.2) is 48.8 Å². The number of benzene rings is 2. The van der Waals surface area contributed by atoms with Gasteiger partial charge in [0.25, 0.3) is 0 Å². The molecule has 2 aromatic heterocycles. The second kappa shape index (κ2) is 11.2. The Balaban J connectivity index is 1.25. The van der Waals surface area contributed by atoms with Gasteiger partial charge in [-0.05, 0) is 30.8 Å². The second-order valence-corrected chi connectivity index (χ2v) is 10.3. The summed E-state index contributed by atoms with van der Waals surface area (Å²) >= 11 is 0. The fourth-order valence-electron chi connectivity index (χ4n) is 5.35. The molecule has 2 aliphatic heterocycles. The molecular weight excluding hydrogens is 527 g/mol. The van der Waals surface area contributed by atoms with Crippen LogP contribution in [0.1, 0.15) is 5.56 Å². The minimum absolute atomic E-state index is 0.0547. The number of nitrogens with zero attached hydrogens (tertiary/aromatic N) is 4. The highest BCUT2D eigenvalue weighted by molar-refractivity contribution is 6.06. The summed E-state index contributed by atoms with van der Waals surface area (Å²) in [7, 11) is 3.66. The number of anilines is 4. The van der Waals surface area contributed by atoms with E-state index in [0.29, 0.717) is 34.3 Å². The lowest BCUT2D eigenvalue weighted by Gasteiger charge is -2.36. The van der Waals surface area contributed by atoms with Gasteiger partial charge in [0.15, 0.2) is 5.82 Å². The molecule has 2 amide bonds. The maximum atomic E-state index is 15.1. The Bertz CT molecular complexity index is 1620. The van der Waals surface area contributed by atoms with Crippen molar-refractivity contribution in [3.63, 3.8) is 0 Å². The number of hydrogen-bond acceptors (Lipinski definition) is 8. The average Bonchev–Trinajstić information content (AvgIpc) is 3.56. The summed E-state index contributed by atoms with van der Waals surface area (Å²) in [6.45, 7) is 3.59. The smallest absolute Gasteiger partial charge is 0.244 e. The first kappa shape index (κ1) is 26.8. The molecule has 212 valence electrons. The van der Waals surface area contributed by atoms with E-state index in [-0.39, 0.29) is 30.1 Å². The quantitative estimate of drug-likeness (QED) is 0.260. The molecule has 4 aromatic rings. The van der Waals surface area contributed by atoms with Crippen LogP contribution in [0.25, 0.3) is 22.2 Å². The number of fused-ring (bicyclic) bond motifs is 2. The summed E-state index contributed by atoms with van der Waals surface area (Å²) in [5, 5.41) is 9.66. The van der Waals surface area contributed by atoms with Crippen LogP contribution in [0, 0.1) is 5.82 Å². The summed E-state index contributed by atoms with van der Waals surface area (Å²) < 4.78 is 20.4. The third kappa shape index (κ3) is 5.49. The first-order chi connectivity index (χ1) is 19.9. The van der Waals surface area contributed by atoms with Crippen molar-refractivity contribution in [3.8, 4) is 11.3 Å². The molecule has 0 saturated carbocycles. The molecule has 0 unspecified atom stereocenters. The number of para-hydroxylation sites is 1. The molecule has 4 N–H and O–H groups in total. The molecule has 12 heteroatoms. The van der Waals surface area contributed by atoms with Gasteiger partial charge in [0.05, 0.1) is 30.4 Å². The molecule has 41 heavy (non-hydrogen) atoms. The third-order valence-corrected chi connectivity index (χ3v) is 7.57. The maximum absolute atomic E-state index is 15.1. The van der Waals surface area contributed by atoms with Crippen molar-refractivity contribution in [2.45, 2.75) is 12.5 Å². The molecular formula is C29H31FN8O3. The van der Waals surface area contributed by atoms with Crippen molar-refractivity contribution in [2.75, 3.05) is 62.9 Å². The Morgan fingerprint density at radius 1 is 1.20 bits per heavy atom. The van der Waals surface area contributed by atoms with E-state index in [4.69, 9.17) is 4.74 Å². The van der Waals surface area contributed by atoms with Gasteiger partial charge in [0.1, 0.15) is 11.7 Å². The van der Waals surface area contributed by atoms with E-state index in [1.165, 1.54) is 0 Å². The number of nitrogens with one attached hydrogen (secondary N) is 4. The van der Waals surface area contributed by atoms with E-state index in [1.54, 1.807) is 19.4 Å². The number of carbonyl (C=O) groups is 2. The van der Waals surface area contributed by atoms with Gasteiger partial charge in [-0.3, -0.25) is 14.5 Å². The number of hydrogen-bond donors (Lipinski definition) is 4. The maximum Gasteiger partial charge on any atom is 0.244 e. The van der Waals surface area contributed by atoms with Gasteiger partial charge in [-0.15, -0.1) is 0 Å². The molecule has 6 rings (SSSR count). The molecule has 1 atom stereocenters. The van der Waals surface area contributed by atoms with Crippen LogP contribution in [-0.2, 0) is 20.7 Å². The van der Waals surface area contributed by atoms with E-state index < -0.39 is 11.9 Å². The number of aromatic nitrogens is 3. The van der Waals surface area contributed by atoms with Crippen molar-refractivity contribution in [3.05, 3.63) is 60.2 Å². The van der Waals surface area contributed by atoms with Gasteiger partial charge in [0, 0.05) is 61.8 Å². The zero-order valence-corrected chi connectivity index (χ0v) is 22.8. The Morgan fingerprint density at radius 2 is 2.02 bits per heavy atom. The number of rotatable bonds is 8. The van der Waals surface area contributed by atoms with Crippen LogP contribution in [0.4, 0.5) is 27.4 Å². The van der Waals surface area contributed by atoms with Gasteiger partial charge in [-0.1, -0.05) is 18.2 Å². The molecule has 2 aromatic carbocycles. The van der Waals surface area contributed by atoms with Crippen LogP contribution in [0.5, 0.6) is 0 Å². The fourth-order valence-corrected chi connectivity index (χ4v) is 5.35. The minimum Gasteiger partial charge on any atom is -0.383 e. The lowest BCUT2D eigenvalue weighted by molar-refractivity contribution is -0.124. The Kier molecular flexibility index (Phi) is 7.35. The zero-order chi connectivity index (χ0) is 28.5. The number of H-pyrrole nitrogens is 1. The molecule has 11 nitrogen and oxygen atoms in total. The average molecular weight is 559 g/mol. The minimum atomic E-state index is -0.581. The lowest BCUT2D eigenvalue weighted by Crippen LogP contribution is -2.54. The van der Waals surface area contributed by atoms with Gasteiger partial charge in [-0.2, -0.15) is 0 Å². The molecule has 4 heterocycles. The van der Waals surface area contributed by atoms with Crippen molar-refractivity contribution < 1.29 is 18.7 Å². The van der Waals surface area contributed by atoms with Gasteiger partial charge >= 0.3 is 0 Å². The topological polar surface area (TPSA) is 128 Å². The Hall–Kier alpha value is -4.39. The molecule has 1 fully saturated rings. The monoisotopic (exact) mass is 558 g/mol. The number of methoxy groups -OCH3 is 1. The summed E-state index contributed by atoms with van der Waals surface area (Å²) in [4.78, 5) is 41.2. The molecule has 1 saturated heterocycles. The number of ether oxygens (including phenoxy) is 1. The van der Waals surface area contributed by atoms with Crippen molar-refractivity contribution in [1.82, 2.24) is 24.8 Å². The molecule has 0 spiro atoms. The highest BCUT2D eigenvalue weighted by atomic mass is 19.1. The number of piperazine rings is 1. The zero-order valence-electron chi connectivity index (χ0n) is 22.8. The summed E-state index contributed by atoms with van der Waals surface area (Å²) in [5.41, 5.74) is 4.20. The van der Waals surface area contributed by atoms with Crippen molar-refractivity contribution in [2.24, 2.45) is 0 Å². The summed E-state index contributed by atoms with van der Waals surface area (Å²) in [6, 6.07) is 10.5. The molecule has 0 bridgehead atoms. The summed E-state index contributed by atoms with van der Waals surface area (Å²) in [6.07, 6.45) is 3.14.